The molecule has 0 aromatic carbocycles. The van der Waals surface area contributed by atoms with Crippen LogP contribution in [-0.4, -0.2) is 0 Å². The molecule has 0 nitrogen and oxygen atoms in total. The summed E-state index contributed by atoms with van der Waals surface area (Å²) >= 11 is 0. The molecule has 0 N–H and O–H groups in total. The Morgan fingerprint density at radius 1 is 0.857 bits per heavy atom. The van der Waals surface area contributed by atoms with Crippen LogP contribution >= 0.6 is 0 Å². The molecule has 1 unspecified atom stereocenters. The lowest BCUT2D eigenvalue weighted by molar-refractivity contribution is 0.514. The van der Waals surface area contributed by atoms with E-state index in [2.05, 4.69) is 27.2 Å². The highest BCUT2D eigenvalue weighted by Crippen LogP contribution is 2.16. The van der Waals surface area contributed by atoms with E-state index < -0.39 is 0 Å². The van der Waals surface area contributed by atoms with Gasteiger partial charge in [0.05, 0.1) is 0 Å². The third-order valence-corrected chi connectivity index (χ3v) is 2.89. The lowest BCUT2D eigenvalue weighted by Crippen LogP contribution is -1.95. The summed E-state index contributed by atoms with van der Waals surface area (Å²) in [4.78, 5) is 0. The van der Waals surface area contributed by atoms with E-state index in [9.17, 15) is 0 Å². The topological polar surface area (TPSA) is 0 Å². The first-order chi connectivity index (χ1) is 6.81. The Morgan fingerprint density at radius 2 is 1.50 bits per heavy atom. The van der Waals surface area contributed by atoms with Gasteiger partial charge in [-0.3, -0.25) is 0 Å². The van der Waals surface area contributed by atoms with Crippen LogP contribution in [0.5, 0.6) is 0 Å². The van der Waals surface area contributed by atoms with Crippen molar-refractivity contribution in [2.45, 2.75) is 78.6 Å². The molecule has 0 saturated carbocycles. The second-order valence-electron chi connectivity index (χ2n) is 4.56. The van der Waals surface area contributed by atoms with Crippen molar-refractivity contribution in [3.8, 4) is 0 Å². The van der Waals surface area contributed by atoms with Crippen molar-refractivity contribution in [3.63, 3.8) is 0 Å². The average molecular weight is 197 g/mol. The smallest absolute Gasteiger partial charge is 0.0358 e. The summed E-state index contributed by atoms with van der Waals surface area (Å²) in [5.41, 5.74) is 0. The predicted molar refractivity (Wildman–Crippen MR) is 66.4 cm³/mol. The fourth-order valence-electron chi connectivity index (χ4n) is 1.79. The summed E-state index contributed by atoms with van der Waals surface area (Å²) < 4.78 is 0. The first-order valence-electron chi connectivity index (χ1n) is 6.64. The van der Waals surface area contributed by atoms with Gasteiger partial charge in [0.25, 0.3) is 0 Å². The van der Waals surface area contributed by atoms with Gasteiger partial charge in [0.15, 0.2) is 0 Å². The van der Waals surface area contributed by atoms with E-state index in [1.165, 1.54) is 57.8 Å². The highest BCUT2D eigenvalue weighted by Gasteiger charge is 2.01. The van der Waals surface area contributed by atoms with Gasteiger partial charge in [0, 0.05) is 0 Å². The molecule has 0 aromatic rings. The molecule has 1 radical (unpaired) electrons. The Morgan fingerprint density at radius 3 is 2.14 bits per heavy atom. The van der Waals surface area contributed by atoms with Crippen LogP contribution < -0.4 is 0 Å². The molecule has 0 bridgehead atoms. The number of unbranched alkanes of at least 4 members (excludes halogenated alkanes) is 6. The van der Waals surface area contributed by atoms with E-state index in [1.54, 1.807) is 0 Å². The lowest BCUT2D eigenvalue weighted by Gasteiger charge is -2.09. The second-order valence-corrected chi connectivity index (χ2v) is 4.56. The molecule has 1 atom stereocenters. The molecule has 0 aromatic heterocycles. The maximum Gasteiger partial charge on any atom is -0.0358 e. The van der Waals surface area contributed by atoms with Crippen LogP contribution in [-0.2, 0) is 0 Å². The quantitative estimate of drug-likeness (QED) is 0.413. The molecule has 85 valence electrons. The molecule has 0 amide bonds. The van der Waals surface area contributed by atoms with Gasteiger partial charge in [-0.25, -0.2) is 0 Å². The van der Waals surface area contributed by atoms with Crippen LogP contribution in [0.3, 0.4) is 0 Å². The SMILES string of the molecule is CCCC[CH]C(C)CCCCCCC. The summed E-state index contributed by atoms with van der Waals surface area (Å²) in [6.07, 6.45) is 15.1. The van der Waals surface area contributed by atoms with Crippen LogP contribution in [0.1, 0.15) is 78.6 Å². The molecule has 0 aliphatic rings. The Labute approximate surface area is 91.5 Å². The van der Waals surface area contributed by atoms with E-state index in [0.29, 0.717) is 0 Å². The normalized spacial score (nSPS) is 13.1. The molecule has 0 heteroatoms. The zero-order chi connectivity index (χ0) is 10.6. The van der Waals surface area contributed by atoms with Crippen molar-refractivity contribution in [1.29, 1.82) is 0 Å². The van der Waals surface area contributed by atoms with Gasteiger partial charge in [-0.05, 0) is 18.8 Å². The van der Waals surface area contributed by atoms with E-state index in [4.69, 9.17) is 0 Å². The molecule has 0 fully saturated rings. The number of rotatable bonds is 10. The van der Waals surface area contributed by atoms with Gasteiger partial charge < -0.3 is 0 Å². The molecule has 0 saturated heterocycles. The first kappa shape index (κ1) is 14.0. The van der Waals surface area contributed by atoms with Crippen LogP contribution in [0.25, 0.3) is 0 Å². The molecular formula is C14H29. The Kier molecular flexibility index (Phi) is 11.1. The molecule has 0 aliphatic carbocycles. The summed E-state index contributed by atoms with van der Waals surface area (Å²) in [7, 11) is 0. The summed E-state index contributed by atoms with van der Waals surface area (Å²) in [6, 6.07) is 0. The third kappa shape index (κ3) is 10.1. The maximum atomic E-state index is 2.52. The standard InChI is InChI=1S/C14H29/c1-4-6-8-9-11-13-14(3)12-10-7-5-2/h12,14H,4-11,13H2,1-3H3. The Balaban J connectivity index is 3.06. The van der Waals surface area contributed by atoms with Gasteiger partial charge in [0.2, 0.25) is 0 Å². The van der Waals surface area contributed by atoms with Crippen molar-refractivity contribution >= 4 is 0 Å². The number of hydrogen-bond acceptors (Lipinski definition) is 0. The van der Waals surface area contributed by atoms with E-state index >= 15 is 0 Å². The van der Waals surface area contributed by atoms with Crippen LogP contribution in [0, 0.1) is 12.3 Å². The van der Waals surface area contributed by atoms with Gasteiger partial charge in [-0.2, -0.15) is 0 Å². The van der Waals surface area contributed by atoms with Gasteiger partial charge in [0.1, 0.15) is 0 Å². The molecule has 0 heterocycles. The minimum absolute atomic E-state index is 0.850. The van der Waals surface area contributed by atoms with Crippen molar-refractivity contribution in [2.24, 2.45) is 5.92 Å². The summed E-state index contributed by atoms with van der Waals surface area (Å²) in [5, 5.41) is 0. The number of hydrogen-bond donors (Lipinski definition) is 0. The van der Waals surface area contributed by atoms with Crippen molar-refractivity contribution in [3.05, 3.63) is 6.42 Å². The molecular weight excluding hydrogens is 168 g/mol. The van der Waals surface area contributed by atoms with Crippen LogP contribution in [0.15, 0.2) is 0 Å². The fraction of sp³-hybridized carbons (Fsp3) is 0.929. The highest BCUT2D eigenvalue weighted by atomic mass is 14.1. The van der Waals surface area contributed by atoms with Crippen LogP contribution in [0.4, 0.5) is 0 Å². The largest absolute Gasteiger partial charge is 0.0654 e. The van der Waals surface area contributed by atoms with Gasteiger partial charge in [-0.1, -0.05) is 72.1 Å². The van der Waals surface area contributed by atoms with Crippen molar-refractivity contribution < 1.29 is 0 Å². The van der Waals surface area contributed by atoms with Gasteiger partial charge >= 0.3 is 0 Å². The molecule has 0 spiro atoms. The minimum Gasteiger partial charge on any atom is -0.0654 e. The van der Waals surface area contributed by atoms with E-state index in [-0.39, 0.29) is 0 Å². The second kappa shape index (κ2) is 11.1. The Bertz CT molecular complexity index is 96.2. The summed E-state index contributed by atoms with van der Waals surface area (Å²) in [5.74, 6) is 0.850. The lowest BCUT2D eigenvalue weighted by atomic mass is 9.96. The van der Waals surface area contributed by atoms with Crippen LogP contribution in [0.2, 0.25) is 0 Å². The van der Waals surface area contributed by atoms with Gasteiger partial charge in [-0.15, -0.1) is 0 Å². The first-order valence-corrected chi connectivity index (χ1v) is 6.64. The molecule has 14 heavy (non-hydrogen) atoms. The molecule has 0 aliphatic heterocycles. The zero-order valence-electron chi connectivity index (χ0n) is 10.5. The fourth-order valence-corrected chi connectivity index (χ4v) is 1.79. The highest BCUT2D eigenvalue weighted by molar-refractivity contribution is 4.72. The third-order valence-electron chi connectivity index (χ3n) is 2.89. The average Bonchev–Trinajstić information content (AvgIpc) is 2.18. The minimum atomic E-state index is 0.850. The van der Waals surface area contributed by atoms with Crippen molar-refractivity contribution in [1.82, 2.24) is 0 Å². The Hall–Kier alpha value is 0. The summed E-state index contributed by atoms with van der Waals surface area (Å²) in [6.45, 7) is 6.92. The maximum absolute atomic E-state index is 2.52. The van der Waals surface area contributed by atoms with Crippen molar-refractivity contribution in [2.75, 3.05) is 0 Å². The monoisotopic (exact) mass is 197 g/mol. The predicted octanol–water partition coefficient (Wildman–Crippen LogP) is 5.38. The van der Waals surface area contributed by atoms with E-state index in [0.717, 1.165) is 5.92 Å². The molecule has 0 rings (SSSR count). The van der Waals surface area contributed by atoms with E-state index in [1.807, 2.05) is 0 Å². The zero-order valence-corrected chi connectivity index (χ0v) is 10.5.